The van der Waals surface area contributed by atoms with Crippen LogP contribution in [0.25, 0.3) is 0 Å². The maximum atomic E-state index is 12.5. The fraction of sp³-hybridized carbons (Fsp3) is 0.318. The van der Waals surface area contributed by atoms with Crippen LogP contribution in [0.3, 0.4) is 0 Å². The lowest BCUT2D eigenvalue weighted by molar-refractivity contribution is -0.120. The van der Waals surface area contributed by atoms with Crippen LogP contribution < -0.4 is 10.6 Å². The minimum Gasteiger partial charge on any atom is -0.349 e. The van der Waals surface area contributed by atoms with Crippen molar-refractivity contribution in [3.05, 3.63) is 64.1 Å². The Morgan fingerprint density at radius 1 is 0.966 bits per heavy atom. The number of anilines is 1. The van der Waals surface area contributed by atoms with Crippen molar-refractivity contribution in [3.8, 4) is 0 Å². The number of hydrogen-bond acceptors (Lipinski definition) is 3. The van der Waals surface area contributed by atoms with Gasteiger partial charge in [-0.15, -0.1) is 0 Å². The maximum absolute atomic E-state index is 12.5. The standard InChI is InChI=1S/C22H26BrN3O3/c1-4-26(5-2)22(29)17-8-12-19(13-9-17)25-21(28)14-20(24-15(3)27)16-6-10-18(23)11-7-16/h6-13,20H,4-5,14H2,1-3H3,(H,24,27)(H,25,28). The van der Waals surface area contributed by atoms with Crippen molar-refractivity contribution in [2.75, 3.05) is 18.4 Å². The van der Waals surface area contributed by atoms with E-state index in [2.05, 4.69) is 26.6 Å². The Balaban J connectivity index is 2.05. The Hall–Kier alpha value is -2.67. The van der Waals surface area contributed by atoms with Gasteiger partial charge in [-0.05, 0) is 55.8 Å². The van der Waals surface area contributed by atoms with Gasteiger partial charge in [0.15, 0.2) is 0 Å². The van der Waals surface area contributed by atoms with Crippen molar-refractivity contribution in [2.24, 2.45) is 0 Å². The molecule has 0 aromatic heterocycles. The van der Waals surface area contributed by atoms with Gasteiger partial charge in [0.25, 0.3) is 5.91 Å². The molecule has 7 heteroatoms. The van der Waals surface area contributed by atoms with Crippen molar-refractivity contribution >= 4 is 39.3 Å². The Labute approximate surface area is 179 Å². The number of nitrogens with zero attached hydrogens (tertiary/aromatic N) is 1. The topological polar surface area (TPSA) is 78.5 Å². The van der Waals surface area contributed by atoms with Gasteiger partial charge in [0.1, 0.15) is 0 Å². The third-order valence-electron chi connectivity index (χ3n) is 4.51. The summed E-state index contributed by atoms with van der Waals surface area (Å²) in [5, 5.41) is 5.64. The second kappa shape index (κ2) is 10.8. The van der Waals surface area contributed by atoms with Crippen LogP contribution in [0.4, 0.5) is 5.69 Å². The van der Waals surface area contributed by atoms with Crippen molar-refractivity contribution in [3.63, 3.8) is 0 Å². The fourth-order valence-electron chi connectivity index (χ4n) is 2.98. The number of carbonyl (C=O) groups excluding carboxylic acids is 3. The van der Waals surface area contributed by atoms with E-state index in [9.17, 15) is 14.4 Å². The summed E-state index contributed by atoms with van der Waals surface area (Å²) in [5.41, 5.74) is 2.03. The molecule has 0 aliphatic rings. The van der Waals surface area contributed by atoms with E-state index < -0.39 is 6.04 Å². The van der Waals surface area contributed by atoms with Gasteiger partial charge < -0.3 is 15.5 Å². The Morgan fingerprint density at radius 2 is 1.55 bits per heavy atom. The molecular weight excluding hydrogens is 434 g/mol. The molecule has 0 aliphatic carbocycles. The van der Waals surface area contributed by atoms with Crippen LogP contribution in [0.2, 0.25) is 0 Å². The summed E-state index contributed by atoms with van der Waals surface area (Å²) in [5.74, 6) is -0.465. The average molecular weight is 460 g/mol. The van der Waals surface area contributed by atoms with Gasteiger partial charge in [0.2, 0.25) is 11.8 Å². The van der Waals surface area contributed by atoms with E-state index in [1.54, 1.807) is 29.2 Å². The molecule has 2 aromatic carbocycles. The highest BCUT2D eigenvalue weighted by atomic mass is 79.9. The number of amides is 3. The van der Waals surface area contributed by atoms with Crippen LogP contribution in [0, 0.1) is 0 Å². The number of carbonyl (C=O) groups is 3. The summed E-state index contributed by atoms with van der Waals surface area (Å²) in [6, 6.07) is 13.9. The van der Waals surface area contributed by atoms with E-state index in [0.29, 0.717) is 24.3 Å². The molecule has 2 rings (SSSR count). The molecule has 1 unspecified atom stereocenters. The van der Waals surface area contributed by atoms with Gasteiger partial charge >= 0.3 is 0 Å². The van der Waals surface area contributed by atoms with E-state index in [4.69, 9.17) is 0 Å². The molecule has 0 saturated heterocycles. The first-order valence-corrected chi connectivity index (χ1v) is 10.3. The molecule has 0 spiro atoms. The molecule has 1 atom stereocenters. The van der Waals surface area contributed by atoms with Crippen molar-refractivity contribution in [1.82, 2.24) is 10.2 Å². The summed E-state index contributed by atoms with van der Waals surface area (Å²) < 4.78 is 0.923. The third-order valence-corrected chi connectivity index (χ3v) is 5.03. The number of halogens is 1. The number of rotatable bonds is 8. The largest absolute Gasteiger partial charge is 0.349 e. The third kappa shape index (κ3) is 6.71. The van der Waals surface area contributed by atoms with E-state index >= 15 is 0 Å². The average Bonchev–Trinajstić information content (AvgIpc) is 2.69. The summed E-state index contributed by atoms with van der Waals surface area (Å²) in [6.45, 7) is 6.60. The van der Waals surface area contributed by atoms with Crippen LogP contribution in [0.5, 0.6) is 0 Å². The number of benzene rings is 2. The first-order valence-electron chi connectivity index (χ1n) is 9.55. The summed E-state index contributed by atoms with van der Waals surface area (Å²) >= 11 is 3.38. The minimum absolute atomic E-state index is 0.0335. The molecule has 3 amide bonds. The molecule has 2 N–H and O–H groups in total. The molecule has 0 fully saturated rings. The smallest absolute Gasteiger partial charge is 0.253 e. The molecule has 6 nitrogen and oxygen atoms in total. The lowest BCUT2D eigenvalue weighted by Crippen LogP contribution is -2.30. The highest BCUT2D eigenvalue weighted by Crippen LogP contribution is 2.21. The second-order valence-electron chi connectivity index (χ2n) is 6.61. The fourth-order valence-corrected chi connectivity index (χ4v) is 3.24. The van der Waals surface area contributed by atoms with E-state index in [0.717, 1.165) is 10.0 Å². The molecule has 0 saturated carbocycles. The molecule has 0 radical (unpaired) electrons. The zero-order valence-corrected chi connectivity index (χ0v) is 18.5. The van der Waals surface area contributed by atoms with Crippen LogP contribution in [-0.2, 0) is 9.59 Å². The van der Waals surface area contributed by atoms with E-state index in [1.165, 1.54) is 6.92 Å². The second-order valence-corrected chi connectivity index (χ2v) is 7.53. The predicted molar refractivity (Wildman–Crippen MR) is 118 cm³/mol. The SMILES string of the molecule is CCN(CC)C(=O)c1ccc(NC(=O)CC(NC(C)=O)c2ccc(Br)cc2)cc1. The zero-order chi connectivity index (χ0) is 21.4. The van der Waals surface area contributed by atoms with Crippen LogP contribution in [0.1, 0.15) is 49.2 Å². The zero-order valence-electron chi connectivity index (χ0n) is 16.9. The van der Waals surface area contributed by atoms with E-state index in [1.807, 2.05) is 38.1 Å². The summed E-state index contributed by atoms with van der Waals surface area (Å²) in [4.78, 5) is 38.2. The molecule has 29 heavy (non-hydrogen) atoms. The van der Waals surface area contributed by atoms with Gasteiger partial charge in [-0.25, -0.2) is 0 Å². The first kappa shape index (κ1) is 22.6. The first-order chi connectivity index (χ1) is 13.8. The van der Waals surface area contributed by atoms with Crippen molar-refractivity contribution in [1.29, 1.82) is 0 Å². The van der Waals surface area contributed by atoms with Gasteiger partial charge in [-0.1, -0.05) is 28.1 Å². The molecule has 154 valence electrons. The highest BCUT2D eigenvalue weighted by Gasteiger charge is 2.18. The number of nitrogens with one attached hydrogen (secondary N) is 2. The highest BCUT2D eigenvalue weighted by molar-refractivity contribution is 9.10. The van der Waals surface area contributed by atoms with Gasteiger partial charge in [0.05, 0.1) is 12.5 Å². The molecule has 2 aromatic rings. The van der Waals surface area contributed by atoms with Crippen LogP contribution >= 0.6 is 15.9 Å². The monoisotopic (exact) mass is 459 g/mol. The molecule has 0 bridgehead atoms. The van der Waals surface area contributed by atoms with Gasteiger partial charge in [-0.2, -0.15) is 0 Å². The molecule has 0 heterocycles. The predicted octanol–water partition coefficient (Wildman–Crippen LogP) is 4.14. The van der Waals surface area contributed by atoms with Gasteiger partial charge in [0, 0.05) is 35.7 Å². The van der Waals surface area contributed by atoms with Crippen molar-refractivity contribution in [2.45, 2.75) is 33.2 Å². The van der Waals surface area contributed by atoms with Crippen LogP contribution in [0.15, 0.2) is 53.0 Å². The molecule has 0 aliphatic heterocycles. The lowest BCUT2D eigenvalue weighted by Gasteiger charge is -2.19. The molecular formula is C22H26BrN3O3. The maximum Gasteiger partial charge on any atom is 0.253 e. The Kier molecular flexibility index (Phi) is 8.39. The summed E-state index contributed by atoms with van der Waals surface area (Å²) in [7, 11) is 0. The van der Waals surface area contributed by atoms with E-state index in [-0.39, 0.29) is 24.1 Å². The quantitative estimate of drug-likeness (QED) is 0.622. The lowest BCUT2D eigenvalue weighted by atomic mass is 10.0. The minimum atomic E-state index is -0.427. The van der Waals surface area contributed by atoms with Gasteiger partial charge in [-0.3, -0.25) is 14.4 Å². The Bertz CT molecular complexity index is 847. The summed E-state index contributed by atoms with van der Waals surface area (Å²) in [6.07, 6.45) is 0.0986. The normalized spacial score (nSPS) is 11.4. The van der Waals surface area contributed by atoms with Crippen LogP contribution in [-0.4, -0.2) is 35.7 Å². The Morgan fingerprint density at radius 3 is 2.07 bits per heavy atom. The number of hydrogen-bond donors (Lipinski definition) is 2. The van der Waals surface area contributed by atoms with Crippen molar-refractivity contribution < 1.29 is 14.4 Å².